The summed E-state index contributed by atoms with van der Waals surface area (Å²) in [6, 6.07) is -0.741. The molecule has 3 N–H and O–H groups in total. The summed E-state index contributed by atoms with van der Waals surface area (Å²) in [6.45, 7) is -0.316. The van der Waals surface area contributed by atoms with Gasteiger partial charge in [-0.2, -0.15) is 13.2 Å². The molecular weight excluding hydrogens is 291 g/mol. The minimum atomic E-state index is -4.88. The van der Waals surface area contributed by atoms with Crippen molar-refractivity contribution in [2.24, 2.45) is 11.1 Å². The maximum atomic E-state index is 13.1. The number of rotatable bonds is 1. The highest BCUT2D eigenvalue weighted by atomic mass is 19.4. The summed E-state index contributed by atoms with van der Waals surface area (Å²) in [5.74, 6) is -1.93. The van der Waals surface area contributed by atoms with Crippen LogP contribution < -0.4 is 5.73 Å². The first kappa shape index (κ1) is 15.9. The van der Waals surface area contributed by atoms with Gasteiger partial charge in [0, 0.05) is 32.2 Å². The fourth-order valence-corrected chi connectivity index (χ4v) is 2.88. The van der Waals surface area contributed by atoms with Crippen LogP contribution in [-0.4, -0.2) is 65.3 Å². The fraction of sp³-hybridized carbons (Fsp3) is 0.833. The molecule has 2 saturated heterocycles. The van der Waals surface area contributed by atoms with E-state index in [0.717, 1.165) is 11.3 Å². The van der Waals surface area contributed by atoms with Crippen LogP contribution in [-0.2, 0) is 4.79 Å². The number of carboxylic acid groups (broad SMARTS) is 1. The molecule has 2 atom stereocenters. The van der Waals surface area contributed by atoms with Gasteiger partial charge in [0.1, 0.15) is 0 Å². The summed E-state index contributed by atoms with van der Waals surface area (Å²) in [6.07, 6.45) is -4.03. The van der Waals surface area contributed by atoms with Crippen molar-refractivity contribution in [1.82, 2.24) is 9.80 Å². The quantitative estimate of drug-likeness (QED) is 0.752. The normalized spacial score (nSPS) is 30.6. The summed E-state index contributed by atoms with van der Waals surface area (Å²) in [7, 11) is 0. The second-order valence-corrected chi connectivity index (χ2v) is 5.69. The fourth-order valence-electron chi connectivity index (χ4n) is 2.88. The minimum Gasteiger partial charge on any atom is -0.481 e. The van der Waals surface area contributed by atoms with E-state index in [1.165, 1.54) is 4.90 Å². The molecule has 0 bridgehead atoms. The van der Waals surface area contributed by atoms with Gasteiger partial charge in [0.2, 0.25) is 0 Å². The number of nitrogens with two attached hydrogens (primary N) is 1. The first-order valence-electron chi connectivity index (χ1n) is 6.77. The maximum Gasteiger partial charge on any atom is 0.406 e. The van der Waals surface area contributed by atoms with Gasteiger partial charge in [-0.15, -0.1) is 0 Å². The Bertz CT molecular complexity index is 443. The second kappa shape index (κ2) is 5.36. The van der Waals surface area contributed by atoms with Crippen molar-refractivity contribution >= 4 is 12.0 Å². The van der Waals surface area contributed by atoms with Crippen molar-refractivity contribution in [3.63, 3.8) is 0 Å². The molecular formula is C12H18F3N3O3. The van der Waals surface area contributed by atoms with Crippen LogP contribution in [0.1, 0.15) is 19.3 Å². The molecule has 2 rings (SSSR count). The van der Waals surface area contributed by atoms with E-state index in [2.05, 4.69) is 0 Å². The number of aliphatic carboxylic acids is 1. The molecule has 2 aliphatic heterocycles. The Morgan fingerprint density at radius 1 is 1.24 bits per heavy atom. The third kappa shape index (κ3) is 2.78. The number of hydrogen-bond donors (Lipinski definition) is 2. The van der Waals surface area contributed by atoms with Gasteiger partial charge in [-0.05, 0) is 19.3 Å². The summed E-state index contributed by atoms with van der Waals surface area (Å²) < 4.78 is 39.2. The van der Waals surface area contributed by atoms with Crippen molar-refractivity contribution < 1.29 is 27.9 Å². The number of hydrogen-bond acceptors (Lipinski definition) is 3. The van der Waals surface area contributed by atoms with Crippen LogP contribution >= 0.6 is 0 Å². The van der Waals surface area contributed by atoms with E-state index in [0.29, 0.717) is 19.5 Å². The first-order valence-corrected chi connectivity index (χ1v) is 6.77. The molecule has 0 aromatic rings. The summed E-state index contributed by atoms with van der Waals surface area (Å²) in [5, 5.41) is 8.96. The molecule has 2 amide bonds. The topological polar surface area (TPSA) is 86.9 Å². The molecule has 2 unspecified atom stereocenters. The number of nitrogens with zero attached hydrogens (tertiary/aromatic N) is 2. The van der Waals surface area contributed by atoms with E-state index in [1.807, 2.05) is 0 Å². The molecule has 2 fully saturated rings. The Labute approximate surface area is 119 Å². The van der Waals surface area contributed by atoms with E-state index in [4.69, 9.17) is 10.8 Å². The first-order chi connectivity index (χ1) is 9.67. The van der Waals surface area contributed by atoms with Gasteiger partial charge in [0.05, 0.1) is 0 Å². The van der Waals surface area contributed by atoms with E-state index in [9.17, 15) is 22.8 Å². The van der Waals surface area contributed by atoms with Crippen LogP contribution in [0.3, 0.4) is 0 Å². The predicted molar refractivity (Wildman–Crippen MR) is 66.5 cm³/mol. The Morgan fingerprint density at radius 3 is 2.38 bits per heavy atom. The number of halogens is 3. The molecule has 2 aliphatic rings. The summed E-state index contributed by atoms with van der Waals surface area (Å²) in [5.41, 5.74) is 2.89. The lowest BCUT2D eigenvalue weighted by Gasteiger charge is -2.34. The largest absolute Gasteiger partial charge is 0.481 e. The third-order valence-electron chi connectivity index (χ3n) is 4.22. The van der Waals surface area contributed by atoms with Gasteiger partial charge in [0.25, 0.3) is 0 Å². The minimum absolute atomic E-state index is 0.183. The zero-order chi connectivity index (χ0) is 15.8. The lowest BCUT2D eigenvalue weighted by Crippen LogP contribution is -2.52. The van der Waals surface area contributed by atoms with Crippen LogP contribution in [0.15, 0.2) is 0 Å². The van der Waals surface area contributed by atoms with Crippen LogP contribution in [0, 0.1) is 5.41 Å². The van der Waals surface area contributed by atoms with E-state index >= 15 is 0 Å². The highest BCUT2D eigenvalue weighted by Gasteiger charge is 2.64. The number of urea groups is 1. The molecule has 2 heterocycles. The number of carboxylic acids is 1. The van der Waals surface area contributed by atoms with Gasteiger partial charge in [-0.25, -0.2) is 4.79 Å². The zero-order valence-electron chi connectivity index (χ0n) is 11.4. The Morgan fingerprint density at radius 2 is 1.90 bits per heavy atom. The van der Waals surface area contributed by atoms with Gasteiger partial charge in [0.15, 0.2) is 5.41 Å². The molecule has 120 valence electrons. The summed E-state index contributed by atoms with van der Waals surface area (Å²) >= 11 is 0. The molecule has 0 spiro atoms. The third-order valence-corrected chi connectivity index (χ3v) is 4.22. The Balaban J connectivity index is 2.10. The van der Waals surface area contributed by atoms with E-state index < -0.39 is 36.6 Å². The van der Waals surface area contributed by atoms with Crippen LogP contribution in [0.5, 0.6) is 0 Å². The molecule has 0 saturated carbocycles. The molecule has 9 heteroatoms. The zero-order valence-corrected chi connectivity index (χ0v) is 11.4. The highest BCUT2D eigenvalue weighted by molar-refractivity contribution is 5.80. The SMILES string of the molecule is NC1CCCN(C(=O)N2CCC(C(=O)O)(C(F)(F)F)C2)C1. The molecule has 0 radical (unpaired) electrons. The monoisotopic (exact) mass is 309 g/mol. The molecule has 0 aromatic carbocycles. The average molecular weight is 309 g/mol. The van der Waals surface area contributed by atoms with Crippen molar-refractivity contribution in [3.05, 3.63) is 0 Å². The smallest absolute Gasteiger partial charge is 0.406 e. The van der Waals surface area contributed by atoms with Gasteiger partial charge >= 0.3 is 18.2 Å². The van der Waals surface area contributed by atoms with Gasteiger partial charge in [-0.1, -0.05) is 0 Å². The number of alkyl halides is 3. The van der Waals surface area contributed by atoms with Crippen LogP contribution in [0.4, 0.5) is 18.0 Å². The molecule has 0 aromatic heterocycles. The van der Waals surface area contributed by atoms with E-state index in [1.54, 1.807) is 0 Å². The molecule has 21 heavy (non-hydrogen) atoms. The second-order valence-electron chi connectivity index (χ2n) is 5.69. The number of likely N-dealkylation sites (tertiary alicyclic amines) is 2. The average Bonchev–Trinajstić information content (AvgIpc) is 2.83. The van der Waals surface area contributed by atoms with Crippen molar-refractivity contribution in [2.75, 3.05) is 26.2 Å². The lowest BCUT2D eigenvalue weighted by atomic mass is 9.86. The maximum absolute atomic E-state index is 13.1. The lowest BCUT2D eigenvalue weighted by molar-refractivity contribution is -0.227. The predicted octanol–water partition coefficient (Wildman–Crippen LogP) is 0.869. The molecule has 0 aliphatic carbocycles. The van der Waals surface area contributed by atoms with Crippen LogP contribution in [0.25, 0.3) is 0 Å². The Kier molecular flexibility index (Phi) is 4.05. The van der Waals surface area contributed by atoms with Crippen molar-refractivity contribution in [2.45, 2.75) is 31.5 Å². The van der Waals surface area contributed by atoms with Crippen molar-refractivity contribution in [1.29, 1.82) is 0 Å². The standard InChI is InChI=1S/C12H18F3N3O3/c13-12(14,15)11(9(19)20)3-5-18(7-11)10(21)17-4-1-2-8(16)6-17/h8H,1-7,16H2,(H,19,20). The number of carbonyl (C=O) groups excluding carboxylic acids is 1. The number of amides is 2. The number of carbonyl (C=O) groups is 2. The van der Waals surface area contributed by atoms with Gasteiger partial charge < -0.3 is 20.6 Å². The van der Waals surface area contributed by atoms with Gasteiger partial charge in [-0.3, -0.25) is 4.79 Å². The number of piperidine rings is 1. The van der Waals surface area contributed by atoms with Crippen LogP contribution in [0.2, 0.25) is 0 Å². The highest BCUT2D eigenvalue weighted by Crippen LogP contribution is 2.45. The molecule has 6 nitrogen and oxygen atoms in total. The summed E-state index contributed by atoms with van der Waals surface area (Å²) in [4.78, 5) is 25.7. The van der Waals surface area contributed by atoms with Crippen molar-refractivity contribution in [3.8, 4) is 0 Å². The van der Waals surface area contributed by atoms with E-state index in [-0.39, 0.29) is 12.6 Å². The Hall–Kier alpha value is -1.51.